The minimum atomic E-state index is 1.07. The molecule has 0 N–H and O–H groups in total. The molecule has 0 atom stereocenters. The average Bonchev–Trinajstić information content (AvgIpc) is 2.78. The van der Waals surface area contributed by atoms with Gasteiger partial charge in [0.25, 0.3) is 0 Å². The molecule has 2 aliphatic carbocycles. The van der Waals surface area contributed by atoms with Crippen molar-refractivity contribution in [3.05, 3.63) is 0 Å². The Morgan fingerprint density at radius 3 is 1.23 bits per heavy atom. The summed E-state index contributed by atoms with van der Waals surface area (Å²) in [6.07, 6.45) is 39.4. The lowest BCUT2D eigenvalue weighted by Gasteiger charge is -2.30. The Labute approximate surface area is 191 Å². The van der Waals surface area contributed by atoms with Gasteiger partial charge in [0.15, 0.2) is 0 Å². The van der Waals surface area contributed by atoms with Crippen molar-refractivity contribution in [2.45, 2.75) is 174 Å². The van der Waals surface area contributed by atoms with E-state index in [-0.39, 0.29) is 0 Å². The molecular formula is C30H58. The third-order valence-electron chi connectivity index (χ3n) is 8.50. The molecule has 0 aromatic rings. The summed E-state index contributed by atoms with van der Waals surface area (Å²) in [6.45, 7) is 2.31. The van der Waals surface area contributed by atoms with Crippen molar-refractivity contribution >= 4 is 0 Å². The van der Waals surface area contributed by atoms with E-state index in [1.54, 1.807) is 44.9 Å². The van der Waals surface area contributed by atoms with Crippen LogP contribution in [0.3, 0.4) is 0 Å². The first-order valence-electron chi connectivity index (χ1n) is 14.9. The molecule has 0 spiro atoms. The first-order chi connectivity index (χ1) is 14.9. The van der Waals surface area contributed by atoms with E-state index in [1.165, 1.54) is 122 Å². The molecule has 30 heavy (non-hydrogen) atoms. The molecule has 2 fully saturated rings. The molecule has 0 unspecified atom stereocenters. The molecule has 0 bridgehead atoms. The summed E-state index contributed by atoms with van der Waals surface area (Å²) in [4.78, 5) is 0. The Balaban J connectivity index is 1.48. The van der Waals surface area contributed by atoms with Crippen molar-refractivity contribution in [2.24, 2.45) is 17.8 Å². The number of unbranched alkanes of at least 4 members (excludes halogenated alkanes) is 12. The van der Waals surface area contributed by atoms with E-state index in [1.807, 2.05) is 0 Å². The maximum absolute atomic E-state index is 2.31. The van der Waals surface area contributed by atoms with Crippen LogP contribution in [-0.4, -0.2) is 0 Å². The topological polar surface area (TPSA) is 0 Å². The highest BCUT2D eigenvalue weighted by atomic mass is 14.3. The number of hydrogen-bond donors (Lipinski definition) is 0. The van der Waals surface area contributed by atoms with Gasteiger partial charge in [-0.15, -0.1) is 0 Å². The van der Waals surface area contributed by atoms with E-state index < -0.39 is 0 Å². The van der Waals surface area contributed by atoms with Crippen molar-refractivity contribution in [2.75, 3.05) is 0 Å². The summed E-state index contributed by atoms with van der Waals surface area (Å²) >= 11 is 0. The fraction of sp³-hybridized carbons (Fsp3) is 1.00. The van der Waals surface area contributed by atoms with E-state index in [0.717, 1.165) is 17.8 Å². The van der Waals surface area contributed by atoms with Gasteiger partial charge in [-0.25, -0.2) is 0 Å². The highest BCUT2D eigenvalue weighted by molar-refractivity contribution is 4.75. The molecule has 0 saturated heterocycles. The highest BCUT2D eigenvalue weighted by Crippen LogP contribution is 2.37. The van der Waals surface area contributed by atoms with E-state index >= 15 is 0 Å². The van der Waals surface area contributed by atoms with Crippen LogP contribution in [0.1, 0.15) is 174 Å². The number of rotatable bonds is 18. The maximum Gasteiger partial charge on any atom is -0.0409 e. The van der Waals surface area contributed by atoms with Crippen molar-refractivity contribution < 1.29 is 0 Å². The van der Waals surface area contributed by atoms with Crippen LogP contribution in [0.15, 0.2) is 0 Å². The van der Waals surface area contributed by atoms with Gasteiger partial charge in [-0.05, 0) is 30.6 Å². The monoisotopic (exact) mass is 418 g/mol. The zero-order chi connectivity index (χ0) is 21.1. The average molecular weight is 419 g/mol. The summed E-state index contributed by atoms with van der Waals surface area (Å²) in [5, 5.41) is 0. The zero-order valence-electron chi connectivity index (χ0n) is 21.1. The lowest BCUT2D eigenvalue weighted by molar-refractivity contribution is 0.219. The third kappa shape index (κ3) is 13.4. The van der Waals surface area contributed by atoms with Crippen molar-refractivity contribution in [1.29, 1.82) is 0 Å². The molecule has 0 aromatic heterocycles. The molecule has 0 aliphatic heterocycles. The normalized spacial score (nSPS) is 19.0. The third-order valence-corrected chi connectivity index (χ3v) is 8.50. The molecule has 2 saturated carbocycles. The highest BCUT2D eigenvalue weighted by Gasteiger charge is 2.23. The Morgan fingerprint density at radius 1 is 0.467 bits per heavy atom. The van der Waals surface area contributed by atoms with Gasteiger partial charge in [0.2, 0.25) is 0 Å². The smallest absolute Gasteiger partial charge is 0.0409 e. The Kier molecular flexibility index (Phi) is 16.2. The molecular weight excluding hydrogens is 360 g/mol. The van der Waals surface area contributed by atoms with Crippen LogP contribution >= 0.6 is 0 Å². The summed E-state index contributed by atoms with van der Waals surface area (Å²) in [5.74, 6) is 3.26. The quantitative estimate of drug-likeness (QED) is 0.194. The molecule has 178 valence electrons. The minimum Gasteiger partial charge on any atom is -0.0654 e. The molecule has 0 radical (unpaired) electrons. The second-order valence-corrected chi connectivity index (χ2v) is 11.4. The van der Waals surface area contributed by atoms with Crippen LogP contribution in [-0.2, 0) is 0 Å². The molecule has 2 rings (SSSR count). The molecule has 0 heterocycles. The second kappa shape index (κ2) is 18.6. The van der Waals surface area contributed by atoms with Crippen LogP contribution in [0, 0.1) is 17.8 Å². The lowest BCUT2D eigenvalue weighted by Crippen LogP contribution is -2.17. The summed E-state index contributed by atoms with van der Waals surface area (Å²) in [6, 6.07) is 0. The van der Waals surface area contributed by atoms with Gasteiger partial charge >= 0.3 is 0 Å². The summed E-state index contributed by atoms with van der Waals surface area (Å²) in [5.41, 5.74) is 0. The molecule has 2 aliphatic rings. The molecule has 0 amide bonds. The van der Waals surface area contributed by atoms with E-state index in [0.29, 0.717) is 0 Å². The Bertz CT molecular complexity index is 327. The Hall–Kier alpha value is 0. The van der Waals surface area contributed by atoms with Gasteiger partial charge in [-0.3, -0.25) is 0 Å². The molecule has 0 nitrogen and oxygen atoms in total. The van der Waals surface area contributed by atoms with Gasteiger partial charge in [0.1, 0.15) is 0 Å². The van der Waals surface area contributed by atoms with Gasteiger partial charge in [-0.2, -0.15) is 0 Å². The predicted molar refractivity (Wildman–Crippen MR) is 136 cm³/mol. The lowest BCUT2D eigenvalue weighted by atomic mass is 9.75. The van der Waals surface area contributed by atoms with Crippen molar-refractivity contribution in [3.63, 3.8) is 0 Å². The van der Waals surface area contributed by atoms with Gasteiger partial charge in [-0.1, -0.05) is 161 Å². The van der Waals surface area contributed by atoms with Crippen LogP contribution in [0.5, 0.6) is 0 Å². The van der Waals surface area contributed by atoms with Gasteiger partial charge in [0, 0.05) is 0 Å². The summed E-state index contributed by atoms with van der Waals surface area (Å²) in [7, 11) is 0. The van der Waals surface area contributed by atoms with Crippen LogP contribution < -0.4 is 0 Å². The fourth-order valence-corrected chi connectivity index (χ4v) is 6.57. The molecule has 0 heteroatoms. The largest absolute Gasteiger partial charge is 0.0654 e. The predicted octanol–water partition coefficient (Wildman–Crippen LogP) is 11.0. The van der Waals surface area contributed by atoms with Gasteiger partial charge < -0.3 is 0 Å². The Morgan fingerprint density at radius 2 is 0.833 bits per heavy atom. The first-order valence-corrected chi connectivity index (χ1v) is 14.9. The van der Waals surface area contributed by atoms with Crippen LogP contribution in [0.4, 0.5) is 0 Å². The molecule has 0 aromatic carbocycles. The number of hydrogen-bond acceptors (Lipinski definition) is 0. The first kappa shape index (κ1) is 26.3. The zero-order valence-corrected chi connectivity index (χ0v) is 21.1. The minimum absolute atomic E-state index is 1.07. The maximum atomic E-state index is 2.31. The van der Waals surface area contributed by atoms with Crippen molar-refractivity contribution in [1.82, 2.24) is 0 Å². The van der Waals surface area contributed by atoms with E-state index in [4.69, 9.17) is 0 Å². The van der Waals surface area contributed by atoms with Crippen LogP contribution in [0.2, 0.25) is 0 Å². The van der Waals surface area contributed by atoms with Gasteiger partial charge in [0.05, 0.1) is 0 Å². The SMILES string of the molecule is CCCCCCCCCCCCCCCC(CC1CCCCC1)CC1CCCCC1. The van der Waals surface area contributed by atoms with Crippen molar-refractivity contribution in [3.8, 4) is 0 Å². The summed E-state index contributed by atoms with van der Waals surface area (Å²) < 4.78 is 0. The fourth-order valence-electron chi connectivity index (χ4n) is 6.57. The van der Waals surface area contributed by atoms with E-state index in [9.17, 15) is 0 Å². The standard InChI is InChI=1S/C30H58/c1-2-3-4-5-6-7-8-9-10-11-12-13-16-25-30(26-28-21-17-14-18-22-28)27-29-23-19-15-20-24-29/h28-30H,2-27H2,1H3. The van der Waals surface area contributed by atoms with E-state index in [2.05, 4.69) is 6.92 Å². The van der Waals surface area contributed by atoms with Crippen LogP contribution in [0.25, 0.3) is 0 Å². The second-order valence-electron chi connectivity index (χ2n) is 11.4.